The molecule has 0 unspecified atom stereocenters. The Balaban J connectivity index is 2.44. The molecule has 2 aromatic carbocycles. The van der Waals surface area contributed by atoms with Crippen LogP contribution in [0.4, 0.5) is 5.69 Å². The van der Waals surface area contributed by atoms with Crippen LogP contribution in [-0.4, -0.2) is 14.7 Å². The fourth-order valence-corrected chi connectivity index (χ4v) is 3.19. The molecule has 21 heavy (non-hydrogen) atoms. The highest BCUT2D eigenvalue weighted by Crippen LogP contribution is 2.26. The van der Waals surface area contributed by atoms with Crippen LogP contribution >= 0.6 is 11.6 Å². The smallest absolute Gasteiger partial charge is 0.232 e. The number of sulfonamides is 1. The summed E-state index contributed by atoms with van der Waals surface area (Å²) in [5.41, 5.74) is 3.57. The topological polar surface area (TPSA) is 37.4 Å². The van der Waals surface area contributed by atoms with Gasteiger partial charge in [-0.15, -0.1) is 0 Å². The summed E-state index contributed by atoms with van der Waals surface area (Å²) < 4.78 is 25.8. The third kappa shape index (κ3) is 3.99. The molecular formula is C16H18ClNO2S. The minimum atomic E-state index is -3.37. The molecule has 2 aromatic rings. The third-order valence-corrected chi connectivity index (χ3v) is 4.65. The van der Waals surface area contributed by atoms with Gasteiger partial charge in [0, 0.05) is 5.02 Å². The maximum atomic E-state index is 12.2. The SMILES string of the molecule is Cc1ccc(C)c(N(Cc2ccc(Cl)cc2)S(C)(=O)=O)c1. The van der Waals surface area contributed by atoms with Crippen molar-refractivity contribution in [1.29, 1.82) is 0 Å². The predicted octanol–water partition coefficient (Wildman–Crippen LogP) is 3.92. The molecule has 0 aromatic heterocycles. The lowest BCUT2D eigenvalue weighted by Gasteiger charge is -2.24. The van der Waals surface area contributed by atoms with Gasteiger partial charge in [-0.25, -0.2) is 8.42 Å². The van der Waals surface area contributed by atoms with Crippen molar-refractivity contribution < 1.29 is 8.42 Å². The second-order valence-corrected chi connectivity index (χ2v) is 7.53. The van der Waals surface area contributed by atoms with Crippen LogP contribution in [0.3, 0.4) is 0 Å². The van der Waals surface area contributed by atoms with E-state index in [-0.39, 0.29) is 0 Å². The number of hydrogen-bond acceptors (Lipinski definition) is 2. The number of rotatable bonds is 4. The first kappa shape index (κ1) is 15.9. The van der Waals surface area contributed by atoms with E-state index in [1.165, 1.54) is 10.6 Å². The molecule has 0 aliphatic carbocycles. The van der Waals surface area contributed by atoms with E-state index in [1.54, 1.807) is 12.1 Å². The molecule has 2 rings (SSSR count). The van der Waals surface area contributed by atoms with Crippen LogP contribution in [0.5, 0.6) is 0 Å². The van der Waals surface area contributed by atoms with Crippen molar-refractivity contribution in [2.75, 3.05) is 10.6 Å². The molecule has 0 saturated heterocycles. The monoisotopic (exact) mass is 323 g/mol. The highest BCUT2D eigenvalue weighted by atomic mass is 35.5. The molecule has 0 heterocycles. The minimum absolute atomic E-state index is 0.292. The lowest BCUT2D eigenvalue weighted by atomic mass is 10.1. The Morgan fingerprint density at radius 2 is 1.67 bits per heavy atom. The Hall–Kier alpha value is -1.52. The van der Waals surface area contributed by atoms with Crippen molar-refractivity contribution in [3.63, 3.8) is 0 Å². The average Bonchev–Trinajstić information content (AvgIpc) is 2.40. The Kier molecular flexibility index (Phi) is 4.59. The zero-order valence-electron chi connectivity index (χ0n) is 12.3. The summed E-state index contributed by atoms with van der Waals surface area (Å²) in [7, 11) is -3.37. The Morgan fingerprint density at radius 1 is 1.05 bits per heavy atom. The molecule has 0 spiro atoms. The van der Waals surface area contributed by atoms with E-state index in [1.807, 2.05) is 44.2 Å². The lowest BCUT2D eigenvalue weighted by molar-refractivity contribution is 0.596. The van der Waals surface area contributed by atoms with Crippen LogP contribution in [0, 0.1) is 13.8 Å². The molecule has 0 radical (unpaired) electrons. The van der Waals surface area contributed by atoms with Crippen molar-refractivity contribution in [2.45, 2.75) is 20.4 Å². The minimum Gasteiger partial charge on any atom is -0.266 e. The van der Waals surface area contributed by atoms with E-state index in [0.717, 1.165) is 16.7 Å². The molecule has 112 valence electrons. The van der Waals surface area contributed by atoms with E-state index >= 15 is 0 Å². The number of nitrogens with zero attached hydrogens (tertiary/aromatic N) is 1. The van der Waals surface area contributed by atoms with Gasteiger partial charge < -0.3 is 0 Å². The Labute approximate surface area is 131 Å². The molecule has 0 N–H and O–H groups in total. The van der Waals surface area contributed by atoms with Gasteiger partial charge >= 0.3 is 0 Å². The summed E-state index contributed by atoms with van der Waals surface area (Å²) in [5, 5.41) is 0.636. The highest BCUT2D eigenvalue weighted by molar-refractivity contribution is 7.92. The van der Waals surface area contributed by atoms with Crippen molar-refractivity contribution in [3.8, 4) is 0 Å². The van der Waals surface area contributed by atoms with Crippen LogP contribution < -0.4 is 4.31 Å². The molecule has 0 amide bonds. The van der Waals surface area contributed by atoms with Crippen molar-refractivity contribution in [1.82, 2.24) is 0 Å². The maximum Gasteiger partial charge on any atom is 0.232 e. The summed E-state index contributed by atoms with van der Waals surface area (Å²) >= 11 is 5.87. The highest BCUT2D eigenvalue weighted by Gasteiger charge is 2.19. The quantitative estimate of drug-likeness (QED) is 0.855. The summed E-state index contributed by atoms with van der Waals surface area (Å²) in [4.78, 5) is 0. The molecule has 0 saturated carbocycles. The number of hydrogen-bond donors (Lipinski definition) is 0. The normalized spacial score (nSPS) is 11.4. The Bertz CT molecular complexity index is 739. The van der Waals surface area contributed by atoms with Gasteiger partial charge in [-0.2, -0.15) is 0 Å². The summed E-state index contributed by atoms with van der Waals surface area (Å²) in [6, 6.07) is 13.0. The van der Waals surface area contributed by atoms with Gasteiger partial charge in [0.05, 0.1) is 18.5 Å². The van der Waals surface area contributed by atoms with Gasteiger partial charge in [-0.05, 0) is 48.7 Å². The van der Waals surface area contributed by atoms with E-state index < -0.39 is 10.0 Å². The van der Waals surface area contributed by atoms with Gasteiger partial charge in [-0.3, -0.25) is 4.31 Å². The average molecular weight is 324 g/mol. The lowest BCUT2D eigenvalue weighted by Crippen LogP contribution is -2.30. The summed E-state index contributed by atoms with van der Waals surface area (Å²) in [5.74, 6) is 0. The predicted molar refractivity (Wildman–Crippen MR) is 88.4 cm³/mol. The van der Waals surface area contributed by atoms with E-state index in [2.05, 4.69) is 0 Å². The molecule has 0 bridgehead atoms. The number of benzene rings is 2. The third-order valence-electron chi connectivity index (χ3n) is 3.27. The van der Waals surface area contributed by atoms with Crippen molar-refractivity contribution in [2.24, 2.45) is 0 Å². The fraction of sp³-hybridized carbons (Fsp3) is 0.250. The summed E-state index contributed by atoms with van der Waals surface area (Å²) in [6.45, 7) is 4.15. The van der Waals surface area contributed by atoms with Crippen LogP contribution in [-0.2, 0) is 16.6 Å². The molecule has 0 atom stereocenters. The first-order valence-electron chi connectivity index (χ1n) is 6.57. The second-order valence-electron chi connectivity index (χ2n) is 5.19. The van der Waals surface area contributed by atoms with Gasteiger partial charge in [-0.1, -0.05) is 35.9 Å². The Morgan fingerprint density at radius 3 is 2.24 bits per heavy atom. The molecule has 3 nitrogen and oxygen atoms in total. The van der Waals surface area contributed by atoms with Crippen LogP contribution in [0.15, 0.2) is 42.5 Å². The van der Waals surface area contributed by atoms with Gasteiger partial charge in [0.1, 0.15) is 0 Å². The van der Waals surface area contributed by atoms with E-state index in [0.29, 0.717) is 17.3 Å². The summed E-state index contributed by atoms with van der Waals surface area (Å²) in [6.07, 6.45) is 1.23. The molecule has 5 heteroatoms. The molecule has 0 fully saturated rings. The zero-order chi connectivity index (χ0) is 15.6. The van der Waals surface area contributed by atoms with Crippen LogP contribution in [0.2, 0.25) is 5.02 Å². The number of anilines is 1. The van der Waals surface area contributed by atoms with E-state index in [4.69, 9.17) is 11.6 Å². The number of halogens is 1. The largest absolute Gasteiger partial charge is 0.266 e. The second kappa shape index (κ2) is 6.08. The van der Waals surface area contributed by atoms with Gasteiger partial charge in [0.2, 0.25) is 10.0 Å². The zero-order valence-corrected chi connectivity index (χ0v) is 13.9. The fourth-order valence-electron chi connectivity index (χ4n) is 2.12. The molecule has 0 aliphatic heterocycles. The molecular weight excluding hydrogens is 306 g/mol. The van der Waals surface area contributed by atoms with Crippen LogP contribution in [0.25, 0.3) is 0 Å². The van der Waals surface area contributed by atoms with Crippen LogP contribution in [0.1, 0.15) is 16.7 Å². The standard InChI is InChI=1S/C16H18ClNO2S/c1-12-4-5-13(2)16(10-12)18(21(3,19)20)11-14-6-8-15(17)9-7-14/h4-10H,11H2,1-3H3. The first-order valence-corrected chi connectivity index (χ1v) is 8.79. The van der Waals surface area contributed by atoms with Gasteiger partial charge in [0.25, 0.3) is 0 Å². The number of aryl methyl sites for hydroxylation is 2. The van der Waals surface area contributed by atoms with Crippen molar-refractivity contribution in [3.05, 3.63) is 64.2 Å². The molecule has 0 aliphatic rings. The van der Waals surface area contributed by atoms with E-state index in [9.17, 15) is 8.42 Å². The first-order chi connectivity index (χ1) is 9.77. The van der Waals surface area contributed by atoms with Crippen molar-refractivity contribution >= 4 is 27.3 Å². The maximum absolute atomic E-state index is 12.2. The van der Waals surface area contributed by atoms with Gasteiger partial charge in [0.15, 0.2) is 0 Å².